The Kier molecular flexibility index (Phi) is 7.04. The van der Waals surface area contributed by atoms with E-state index in [1.54, 1.807) is 18.2 Å². The zero-order valence-electron chi connectivity index (χ0n) is 15.0. The summed E-state index contributed by atoms with van der Waals surface area (Å²) in [6.07, 6.45) is 0. The molecule has 0 aromatic heterocycles. The van der Waals surface area contributed by atoms with Crippen molar-refractivity contribution in [2.24, 2.45) is 0 Å². The largest absolute Gasteiger partial charge is 0.482 e. The lowest BCUT2D eigenvalue weighted by atomic mass is 10.1. The highest BCUT2D eigenvalue weighted by molar-refractivity contribution is 6.30. The van der Waals surface area contributed by atoms with Crippen molar-refractivity contribution in [3.05, 3.63) is 64.2 Å². The van der Waals surface area contributed by atoms with Gasteiger partial charge in [0, 0.05) is 5.02 Å². The third-order valence-corrected chi connectivity index (χ3v) is 4.20. The molecular weight excluding hydrogens is 354 g/mol. The maximum atomic E-state index is 11.9. The van der Waals surface area contributed by atoms with E-state index in [-0.39, 0.29) is 25.2 Å². The fourth-order valence-electron chi connectivity index (χ4n) is 2.25. The van der Waals surface area contributed by atoms with Crippen molar-refractivity contribution in [2.75, 3.05) is 13.2 Å². The van der Waals surface area contributed by atoms with Crippen molar-refractivity contribution in [3.63, 3.8) is 0 Å². The third kappa shape index (κ3) is 6.08. The Labute approximate surface area is 158 Å². The van der Waals surface area contributed by atoms with Crippen LogP contribution in [-0.4, -0.2) is 25.1 Å². The molecule has 0 radical (unpaired) electrons. The quantitative estimate of drug-likeness (QED) is 0.748. The molecule has 0 spiro atoms. The number of ether oxygens (including phenoxy) is 2. The van der Waals surface area contributed by atoms with Crippen molar-refractivity contribution in [1.29, 1.82) is 0 Å². The molecule has 0 bridgehead atoms. The number of esters is 1. The van der Waals surface area contributed by atoms with Crippen LogP contribution in [0.4, 0.5) is 0 Å². The standard InChI is InChI=1S/C20H22ClNO4/c1-13-4-9-18(10-14(13)2)25-12-20(24)26-11-19(23)22-15(3)16-5-7-17(21)8-6-16/h4-10,15H,11-12H2,1-3H3,(H,22,23)/t15-/m0/s1. The molecule has 26 heavy (non-hydrogen) atoms. The number of amides is 1. The van der Waals surface area contributed by atoms with Gasteiger partial charge < -0.3 is 14.8 Å². The van der Waals surface area contributed by atoms with Crippen molar-refractivity contribution in [3.8, 4) is 5.75 Å². The summed E-state index contributed by atoms with van der Waals surface area (Å²) in [6.45, 7) is 5.20. The van der Waals surface area contributed by atoms with E-state index >= 15 is 0 Å². The minimum absolute atomic E-state index is 0.217. The molecule has 5 nitrogen and oxygen atoms in total. The molecule has 0 fully saturated rings. The summed E-state index contributed by atoms with van der Waals surface area (Å²) in [7, 11) is 0. The van der Waals surface area contributed by atoms with Crippen molar-refractivity contribution in [2.45, 2.75) is 26.8 Å². The van der Waals surface area contributed by atoms with Crippen molar-refractivity contribution < 1.29 is 19.1 Å². The number of rotatable bonds is 7. The van der Waals surface area contributed by atoms with E-state index < -0.39 is 5.97 Å². The van der Waals surface area contributed by atoms with Gasteiger partial charge in [-0.05, 0) is 61.7 Å². The minimum Gasteiger partial charge on any atom is -0.482 e. The van der Waals surface area contributed by atoms with Crippen LogP contribution in [0.15, 0.2) is 42.5 Å². The molecule has 0 saturated carbocycles. The summed E-state index contributed by atoms with van der Waals surface area (Å²) in [4.78, 5) is 23.6. The van der Waals surface area contributed by atoms with Gasteiger partial charge in [0.15, 0.2) is 13.2 Å². The molecule has 0 aliphatic carbocycles. The van der Waals surface area contributed by atoms with E-state index in [1.807, 2.05) is 45.0 Å². The molecule has 0 aliphatic heterocycles. The molecule has 2 aromatic rings. The Bertz CT molecular complexity index is 774. The van der Waals surface area contributed by atoms with Gasteiger partial charge in [-0.25, -0.2) is 4.79 Å². The van der Waals surface area contributed by atoms with Crippen LogP contribution >= 0.6 is 11.6 Å². The summed E-state index contributed by atoms with van der Waals surface area (Å²) in [5, 5.41) is 3.39. The number of hydrogen-bond acceptors (Lipinski definition) is 4. The first-order chi connectivity index (χ1) is 12.3. The van der Waals surface area contributed by atoms with Gasteiger partial charge in [-0.2, -0.15) is 0 Å². The zero-order chi connectivity index (χ0) is 19.1. The topological polar surface area (TPSA) is 64.6 Å². The average Bonchev–Trinajstić information content (AvgIpc) is 2.61. The van der Waals surface area contributed by atoms with E-state index in [9.17, 15) is 9.59 Å². The van der Waals surface area contributed by atoms with Crippen molar-refractivity contribution in [1.82, 2.24) is 5.32 Å². The van der Waals surface area contributed by atoms with Gasteiger partial charge in [0.2, 0.25) is 0 Å². The van der Waals surface area contributed by atoms with Crippen molar-refractivity contribution >= 4 is 23.5 Å². The molecule has 1 N–H and O–H groups in total. The fourth-order valence-corrected chi connectivity index (χ4v) is 2.38. The SMILES string of the molecule is Cc1ccc(OCC(=O)OCC(=O)N[C@@H](C)c2ccc(Cl)cc2)cc1C. The van der Waals surface area contributed by atoms with Crippen LogP contribution in [0.5, 0.6) is 5.75 Å². The summed E-state index contributed by atoms with van der Waals surface area (Å²) in [5.41, 5.74) is 3.13. The summed E-state index contributed by atoms with van der Waals surface area (Å²) in [6, 6.07) is 12.5. The Balaban J connectivity index is 1.73. The van der Waals surface area contributed by atoms with E-state index in [2.05, 4.69) is 5.32 Å². The molecule has 1 atom stereocenters. The molecule has 0 saturated heterocycles. The van der Waals surface area contributed by atoms with E-state index in [0.29, 0.717) is 10.8 Å². The lowest BCUT2D eigenvalue weighted by Gasteiger charge is -2.14. The highest BCUT2D eigenvalue weighted by Gasteiger charge is 2.12. The second-order valence-corrected chi connectivity index (χ2v) is 6.47. The third-order valence-electron chi connectivity index (χ3n) is 3.95. The second-order valence-electron chi connectivity index (χ2n) is 6.04. The van der Waals surface area contributed by atoms with Gasteiger partial charge in [-0.15, -0.1) is 0 Å². The van der Waals surface area contributed by atoms with E-state index in [1.165, 1.54) is 0 Å². The Hall–Kier alpha value is -2.53. The van der Waals surface area contributed by atoms with Gasteiger partial charge in [-0.1, -0.05) is 29.8 Å². The first kappa shape index (κ1) is 19.8. The van der Waals surface area contributed by atoms with Gasteiger partial charge in [0.05, 0.1) is 6.04 Å². The van der Waals surface area contributed by atoms with Crippen LogP contribution in [0.1, 0.15) is 29.7 Å². The lowest BCUT2D eigenvalue weighted by Crippen LogP contribution is -2.31. The minimum atomic E-state index is -0.600. The monoisotopic (exact) mass is 375 g/mol. The summed E-state index contributed by atoms with van der Waals surface area (Å²) < 4.78 is 10.3. The smallest absolute Gasteiger partial charge is 0.344 e. The Morgan fingerprint density at radius 1 is 1.04 bits per heavy atom. The highest BCUT2D eigenvalue weighted by atomic mass is 35.5. The van der Waals surface area contributed by atoms with Crippen LogP contribution < -0.4 is 10.1 Å². The predicted octanol–water partition coefficient (Wildman–Crippen LogP) is 3.76. The number of halogens is 1. The normalized spacial score (nSPS) is 11.5. The molecule has 6 heteroatoms. The number of benzene rings is 2. The number of carbonyl (C=O) groups is 2. The summed E-state index contributed by atoms with van der Waals surface area (Å²) in [5.74, 6) is -0.393. The summed E-state index contributed by atoms with van der Waals surface area (Å²) >= 11 is 5.84. The lowest BCUT2D eigenvalue weighted by molar-refractivity contribution is -0.150. The first-order valence-electron chi connectivity index (χ1n) is 8.25. The number of carbonyl (C=O) groups excluding carboxylic acids is 2. The van der Waals surface area contributed by atoms with Crippen LogP contribution in [0.2, 0.25) is 5.02 Å². The molecule has 1 amide bonds. The Morgan fingerprint density at radius 2 is 1.73 bits per heavy atom. The maximum absolute atomic E-state index is 11.9. The number of aryl methyl sites for hydroxylation is 2. The van der Waals surface area contributed by atoms with Gasteiger partial charge in [0.1, 0.15) is 5.75 Å². The average molecular weight is 376 g/mol. The van der Waals surface area contributed by atoms with E-state index in [0.717, 1.165) is 16.7 Å². The van der Waals surface area contributed by atoms with Crippen LogP contribution in [-0.2, 0) is 14.3 Å². The van der Waals surface area contributed by atoms with E-state index in [4.69, 9.17) is 21.1 Å². The molecule has 2 rings (SSSR count). The van der Waals surface area contributed by atoms with Crippen LogP contribution in [0.25, 0.3) is 0 Å². The van der Waals surface area contributed by atoms with Gasteiger partial charge in [-0.3, -0.25) is 4.79 Å². The van der Waals surface area contributed by atoms with Gasteiger partial charge >= 0.3 is 5.97 Å². The molecule has 0 unspecified atom stereocenters. The van der Waals surface area contributed by atoms with Gasteiger partial charge in [0.25, 0.3) is 5.91 Å². The van der Waals surface area contributed by atoms with Crippen LogP contribution in [0, 0.1) is 13.8 Å². The highest BCUT2D eigenvalue weighted by Crippen LogP contribution is 2.17. The fraction of sp³-hybridized carbons (Fsp3) is 0.300. The predicted molar refractivity (Wildman–Crippen MR) is 100 cm³/mol. The molecule has 0 heterocycles. The number of nitrogens with one attached hydrogen (secondary N) is 1. The first-order valence-corrected chi connectivity index (χ1v) is 8.63. The Morgan fingerprint density at radius 3 is 2.38 bits per heavy atom. The molecule has 0 aliphatic rings. The molecule has 2 aromatic carbocycles. The maximum Gasteiger partial charge on any atom is 0.344 e. The molecular formula is C20H22ClNO4. The van der Waals surface area contributed by atoms with Crippen LogP contribution in [0.3, 0.4) is 0 Å². The molecule has 138 valence electrons. The number of hydrogen-bond donors (Lipinski definition) is 1. The zero-order valence-corrected chi connectivity index (χ0v) is 15.8. The second kappa shape index (κ2) is 9.25.